The van der Waals surface area contributed by atoms with E-state index in [-0.39, 0.29) is 6.10 Å². The summed E-state index contributed by atoms with van der Waals surface area (Å²) in [5, 5.41) is 8.56. The van der Waals surface area contributed by atoms with Gasteiger partial charge in [0, 0.05) is 0 Å². The maximum atomic E-state index is 8.56. The molecule has 0 aliphatic heterocycles. The van der Waals surface area contributed by atoms with E-state index in [1.54, 1.807) is 0 Å². The van der Waals surface area contributed by atoms with Crippen LogP contribution in [-0.2, 0) is 0 Å². The highest BCUT2D eigenvalue weighted by atomic mass is 16.3. The van der Waals surface area contributed by atoms with Crippen LogP contribution in [0.5, 0.6) is 0 Å². The van der Waals surface area contributed by atoms with E-state index >= 15 is 0 Å². The van der Waals surface area contributed by atoms with Crippen molar-refractivity contribution in [1.29, 1.82) is 0 Å². The van der Waals surface area contributed by atoms with Crippen LogP contribution in [0.25, 0.3) is 0 Å². The van der Waals surface area contributed by atoms with Crippen molar-refractivity contribution in [1.82, 2.24) is 0 Å². The van der Waals surface area contributed by atoms with E-state index < -0.39 is 0 Å². The van der Waals surface area contributed by atoms with E-state index in [2.05, 4.69) is 6.58 Å². The molecule has 34 valence electrons. The molecule has 0 heterocycles. The van der Waals surface area contributed by atoms with E-state index in [0.717, 1.165) is 12.8 Å². The largest absolute Gasteiger partial charge is 0.392 e. The van der Waals surface area contributed by atoms with Crippen LogP contribution in [0.4, 0.5) is 0 Å². The van der Waals surface area contributed by atoms with Gasteiger partial charge in [0.15, 0.2) is 0 Å². The van der Waals surface area contributed by atoms with Gasteiger partial charge in [-0.15, -0.1) is 0 Å². The molecule has 1 aliphatic carbocycles. The zero-order valence-electron chi connectivity index (χ0n) is 3.65. The lowest BCUT2D eigenvalue weighted by atomic mass is 9.91. The SMILES string of the molecule is C=C1CC(O)C1. The summed E-state index contributed by atoms with van der Waals surface area (Å²) in [6.45, 7) is 3.65. The molecule has 0 aromatic carbocycles. The van der Waals surface area contributed by atoms with Crippen LogP contribution in [0.1, 0.15) is 12.8 Å². The van der Waals surface area contributed by atoms with E-state index in [1.807, 2.05) is 0 Å². The molecule has 1 rings (SSSR count). The fraction of sp³-hybridized carbons (Fsp3) is 0.600. The lowest BCUT2D eigenvalue weighted by Crippen LogP contribution is -2.18. The van der Waals surface area contributed by atoms with E-state index in [4.69, 9.17) is 5.11 Å². The fourth-order valence-corrected chi connectivity index (χ4v) is 0.607. The maximum absolute atomic E-state index is 8.56. The zero-order chi connectivity index (χ0) is 4.57. The van der Waals surface area contributed by atoms with Crippen molar-refractivity contribution in [2.24, 2.45) is 0 Å². The molecule has 0 atom stereocenters. The van der Waals surface area contributed by atoms with Gasteiger partial charge >= 0.3 is 0 Å². The molecule has 0 bridgehead atoms. The van der Waals surface area contributed by atoms with Gasteiger partial charge in [0.25, 0.3) is 0 Å². The second kappa shape index (κ2) is 1.09. The number of hydrogen-bond donors (Lipinski definition) is 1. The van der Waals surface area contributed by atoms with Crippen molar-refractivity contribution in [2.45, 2.75) is 18.9 Å². The zero-order valence-corrected chi connectivity index (χ0v) is 3.65. The molecule has 1 heteroatoms. The molecule has 0 aromatic heterocycles. The quantitative estimate of drug-likeness (QED) is 0.428. The van der Waals surface area contributed by atoms with Gasteiger partial charge in [-0.1, -0.05) is 12.2 Å². The van der Waals surface area contributed by atoms with Gasteiger partial charge in [-0.2, -0.15) is 0 Å². The molecule has 0 unspecified atom stereocenters. The Morgan fingerprint density at radius 2 is 2.17 bits per heavy atom. The van der Waals surface area contributed by atoms with Gasteiger partial charge < -0.3 is 5.11 Å². The maximum Gasteiger partial charge on any atom is 0.0614 e. The number of hydrogen-bond acceptors (Lipinski definition) is 1. The standard InChI is InChI=1S/C5H8O/c1-4-2-5(6)3-4/h5-6H,1-3H2. The van der Waals surface area contributed by atoms with Crippen molar-refractivity contribution >= 4 is 0 Å². The molecule has 6 heavy (non-hydrogen) atoms. The Bertz CT molecular complexity index is 68.0. The summed E-state index contributed by atoms with van der Waals surface area (Å²) in [5.41, 5.74) is 1.18. The molecule has 0 amide bonds. The highest BCUT2D eigenvalue weighted by Crippen LogP contribution is 2.23. The first kappa shape index (κ1) is 3.88. The van der Waals surface area contributed by atoms with Crippen molar-refractivity contribution in [2.75, 3.05) is 0 Å². The fourth-order valence-electron chi connectivity index (χ4n) is 0.607. The molecule has 0 radical (unpaired) electrons. The summed E-state index contributed by atoms with van der Waals surface area (Å²) in [6.07, 6.45) is 1.61. The topological polar surface area (TPSA) is 20.2 Å². The van der Waals surface area contributed by atoms with Gasteiger partial charge in [-0.3, -0.25) is 0 Å². The van der Waals surface area contributed by atoms with Crippen LogP contribution in [0, 0.1) is 0 Å². The highest BCUT2D eigenvalue weighted by Gasteiger charge is 2.16. The third-order valence-electron chi connectivity index (χ3n) is 1.05. The first-order valence-electron chi connectivity index (χ1n) is 2.14. The minimum absolute atomic E-state index is 0.0579. The van der Waals surface area contributed by atoms with Crippen LogP contribution in [0.15, 0.2) is 12.2 Å². The van der Waals surface area contributed by atoms with E-state index in [1.165, 1.54) is 5.57 Å². The van der Waals surface area contributed by atoms with Gasteiger partial charge in [-0.05, 0) is 12.8 Å². The normalized spacial score (nSPS) is 23.8. The molecule has 1 nitrogen and oxygen atoms in total. The molecule has 1 fully saturated rings. The molecular weight excluding hydrogens is 76.1 g/mol. The minimum Gasteiger partial charge on any atom is -0.392 e. The van der Waals surface area contributed by atoms with E-state index in [0.29, 0.717) is 0 Å². The minimum atomic E-state index is -0.0579. The van der Waals surface area contributed by atoms with E-state index in [9.17, 15) is 0 Å². The smallest absolute Gasteiger partial charge is 0.0614 e. The van der Waals surface area contributed by atoms with Crippen LogP contribution in [0.2, 0.25) is 0 Å². The summed E-state index contributed by atoms with van der Waals surface area (Å²) in [4.78, 5) is 0. The van der Waals surface area contributed by atoms with Crippen molar-refractivity contribution in [3.05, 3.63) is 12.2 Å². The van der Waals surface area contributed by atoms with Gasteiger partial charge in [0.2, 0.25) is 0 Å². The Morgan fingerprint density at radius 3 is 2.17 bits per heavy atom. The Hall–Kier alpha value is -0.300. The number of aliphatic hydroxyl groups is 1. The Morgan fingerprint density at radius 1 is 1.67 bits per heavy atom. The predicted octanol–water partition coefficient (Wildman–Crippen LogP) is 0.697. The van der Waals surface area contributed by atoms with Crippen LogP contribution < -0.4 is 0 Å². The van der Waals surface area contributed by atoms with Gasteiger partial charge in [0.1, 0.15) is 0 Å². The molecule has 0 saturated heterocycles. The van der Waals surface area contributed by atoms with Crippen LogP contribution in [0.3, 0.4) is 0 Å². The lowest BCUT2D eigenvalue weighted by Gasteiger charge is -2.21. The molecule has 1 saturated carbocycles. The summed E-state index contributed by atoms with van der Waals surface area (Å²) in [6, 6.07) is 0. The first-order valence-corrected chi connectivity index (χ1v) is 2.14. The molecule has 0 spiro atoms. The molecule has 0 aromatic rings. The Labute approximate surface area is 37.3 Å². The summed E-state index contributed by atoms with van der Waals surface area (Å²) in [5.74, 6) is 0. The third-order valence-corrected chi connectivity index (χ3v) is 1.05. The third kappa shape index (κ3) is 0.455. The number of rotatable bonds is 0. The Balaban J connectivity index is 2.28. The summed E-state index contributed by atoms with van der Waals surface area (Å²) < 4.78 is 0. The highest BCUT2D eigenvalue weighted by molar-refractivity contribution is 5.07. The lowest BCUT2D eigenvalue weighted by molar-refractivity contribution is 0.136. The van der Waals surface area contributed by atoms with Crippen LogP contribution in [-0.4, -0.2) is 11.2 Å². The molecule has 1 aliphatic rings. The van der Waals surface area contributed by atoms with Gasteiger partial charge in [-0.25, -0.2) is 0 Å². The van der Waals surface area contributed by atoms with Gasteiger partial charge in [0.05, 0.1) is 6.10 Å². The predicted molar refractivity (Wildman–Crippen MR) is 24.4 cm³/mol. The first-order chi connectivity index (χ1) is 2.79. The summed E-state index contributed by atoms with van der Waals surface area (Å²) in [7, 11) is 0. The number of aliphatic hydroxyl groups excluding tert-OH is 1. The Kier molecular flexibility index (Phi) is 0.701. The average Bonchev–Trinajstić information content (AvgIpc) is 1.33. The second-order valence-corrected chi connectivity index (χ2v) is 1.81. The molecule has 1 N–H and O–H groups in total. The van der Waals surface area contributed by atoms with Crippen molar-refractivity contribution in [3.63, 3.8) is 0 Å². The van der Waals surface area contributed by atoms with Crippen molar-refractivity contribution < 1.29 is 5.11 Å². The average molecular weight is 84.1 g/mol. The molecular formula is C5H8O. The van der Waals surface area contributed by atoms with Crippen LogP contribution >= 0.6 is 0 Å². The summed E-state index contributed by atoms with van der Waals surface area (Å²) >= 11 is 0. The van der Waals surface area contributed by atoms with Crippen molar-refractivity contribution in [3.8, 4) is 0 Å². The second-order valence-electron chi connectivity index (χ2n) is 1.81. The monoisotopic (exact) mass is 84.1 g/mol.